The maximum absolute atomic E-state index is 12.8. The van der Waals surface area contributed by atoms with Gasteiger partial charge in [-0.1, -0.05) is 60.5 Å². The molecular weight excluding hydrogens is 407 g/mol. The van der Waals surface area contributed by atoms with Crippen molar-refractivity contribution in [3.8, 4) is 0 Å². The van der Waals surface area contributed by atoms with Crippen molar-refractivity contribution in [2.45, 2.75) is 43.7 Å². The Balaban J connectivity index is 2.32. The molecule has 0 aromatic heterocycles. The third-order valence-electron chi connectivity index (χ3n) is 4.08. The molecule has 2 aromatic rings. The second-order valence-corrected chi connectivity index (χ2v) is 8.78. The van der Waals surface area contributed by atoms with Crippen LogP contribution in [0.3, 0.4) is 0 Å². The molecule has 146 valence electrons. The standard InChI is InChI=1S/C19H22Cl2N2O3S/c1-3-13(2)22-19(24)17(11-14-7-5-4-6-8-14)23-27(25,26)18-12-15(20)9-10-16(18)21/h4-10,12-13,17,23H,3,11H2,1-2H3,(H,22,24)/t13-,17+/m1/s1. The van der Waals surface area contributed by atoms with E-state index in [9.17, 15) is 13.2 Å². The SMILES string of the molecule is CC[C@@H](C)NC(=O)[C@H](Cc1ccccc1)NS(=O)(=O)c1cc(Cl)ccc1Cl. The number of nitrogens with one attached hydrogen (secondary N) is 2. The monoisotopic (exact) mass is 428 g/mol. The summed E-state index contributed by atoms with van der Waals surface area (Å²) in [6, 6.07) is 12.3. The lowest BCUT2D eigenvalue weighted by Gasteiger charge is -2.21. The Hall–Kier alpha value is -1.60. The molecule has 0 heterocycles. The largest absolute Gasteiger partial charge is 0.352 e. The number of rotatable bonds is 8. The predicted molar refractivity (Wildman–Crippen MR) is 109 cm³/mol. The number of carbonyl (C=O) groups excluding carboxylic acids is 1. The molecule has 0 bridgehead atoms. The summed E-state index contributed by atoms with van der Waals surface area (Å²) in [5.41, 5.74) is 0.835. The van der Waals surface area contributed by atoms with Crippen molar-refractivity contribution in [2.24, 2.45) is 0 Å². The van der Waals surface area contributed by atoms with E-state index >= 15 is 0 Å². The Bertz CT molecular complexity index is 889. The van der Waals surface area contributed by atoms with Crippen LogP contribution < -0.4 is 10.0 Å². The van der Waals surface area contributed by atoms with Gasteiger partial charge in [0, 0.05) is 11.1 Å². The Labute approximate surface area is 170 Å². The lowest BCUT2D eigenvalue weighted by Crippen LogP contribution is -2.50. The first-order chi connectivity index (χ1) is 12.7. The van der Waals surface area contributed by atoms with Crippen LogP contribution in [0, 0.1) is 0 Å². The molecule has 8 heteroatoms. The van der Waals surface area contributed by atoms with Crippen LogP contribution in [0.2, 0.25) is 10.0 Å². The van der Waals surface area contributed by atoms with Crippen molar-refractivity contribution < 1.29 is 13.2 Å². The quantitative estimate of drug-likeness (QED) is 0.671. The lowest BCUT2D eigenvalue weighted by atomic mass is 10.1. The highest BCUT2D eigenvalue weighted by Crippen LogP contribution is 2.25. The summed E-state index contributed by atoms with van der Waals surface area (Å²) < 4.78 is 28.1. The molecule has 0 radical (unpaired) electrons. The van der Waals surface area contributed by atoms with Crippen LogP contribution in [-0.4, -0.2) is 26.4 Å². The number of hydrogen-bond donors (Lipinski definition) is 2. The molecule has 2 atom stereocenters. The molecule has 2 aromatic carbocycles. The first-order valence-corrected chi connectivity index (χ1v) is 10.8. The lowest BCUT2D eigenvalue weighted by molar-refractivity contribution is -0.123. The van der Waals surface area contributed by atoms with Gasteiger partial charge in [0.15, 0.2) is 0 Å². The van der Waals surface area contributed by atoms with Gasteiger partial charge in [0.25, 0.3) is 0 Å². The Morgan fingerprint density at radius 1 is 1.11 bits per heavy atom. The number of hydrogen-bond acceptors (Lipinski definition) is 3. The minimum Gasteiger partial charge on any atom is -0.352 e. The third kappa shape index (κ3) is 6.21. The number of benzene rings is 2. The topological polar surface area (TPSA) is 75.3 Å². The van der Waals surface area contributed by atoms with E-state index < -0.39 is 22.0 Å². The molecule has 2 rings (SSSR count). The molecule has 0 unspecified atom stereocenters. The van der Waals surface area contributed by atoms with E-state index in [1.165, 1.54) is 18.2 Å². The van der Waals surface area contributed by atoms with Crippen LogP contribution in [-0.2, 0) is 21.2 Å². The summed E-state index contributed by atoms with van der Waals surface area (Å²) in [4.78, 5) is 12.5. The van der Waals surface area contributed by atoms with E-state index in [0.29, 0.717) is 0 Å². The second-order valence-electron chi connectivity index (χ2n) is 6.26. The van der Waals surface area contributed by atoms with Crippen molar-refractivity contribution in [1.82, 2.24) is 10.0 Å². The Morgan fingerprint density at radius 2 is 1.78 bits per heavy atom. The smallest absolute Gasteiger partial charge is 0.242 e. The first kappa shape index (κ1) is 21.7. The van der Waals surface area contributed by atoms with Crippen LogP contribution >= 0.6 is 23.2 Å². The molecule has 0 aliphatic heterocycles. The molecule has 27 heavy (non-hydrogen) atoms. The average molecular weight is 429 g/mol. The van der Waals surface area contributed by atoms with Crippen LogP contribution in [0.5, 0.6) is 0 Å². The fraction of sp³-hybridized carbons (Fsp3) is 0.316. The highest BCUT2D eigenvalue weighted by Gasteiger charge is 2.28. The van der Waals surface area contributed by atoms with Gasteiger partial charge in [-0.3, -0.25) is 4.79 Å². The highest BCUT2D eigenvalue weighted by atomic mass is 35.5. The van der Waals surface area contributed by atoms with E-state index in [1.807, 2.05) is 44.2 Å². The van der Waals surface area contributed by atoms with Crippen LogP contribution in [0.1, 0.15) is 25.8 Å². The molecule has 0 fully saturated rings. The van der Waals surface area contributed by atoms with E-state index in [4.69, 9.17) is 23.2 Å². The van der Waals surface area contributed by atoms with E-state index in [1.54, 1.807) is 0 Å². The van der Waals surface area contributed by atoms with E-state index in [-0.39, 0.29) is 27.4 Å². The van der Waals surface area contributed by atoms with Crippen LogP contribution in [0.15, 0.2) is 53.4 Å². The van der Waals surface area contributed by atoms with Gasteiger partial charge in [-0.25, -0.2) is 8.42 Å². The summed E-state index contributed by atoms with van der Waals surface area (Å²) >= 11 is 11.9. The van der Waals surface area contributed by atoms with E-state index in [0.717, 1.165) is 12.0 Å². The zero-order chi connectivity index (χ0) is 20.0. The summed E-state index contributed by atoms with van der Waals surface area (Å²) in [7, 11) is -4.05. The molecule has 1 amide bonds. The average Bonchev–Trinajstić information content (AvgIpc) is 2.63. The molecule has 2 N–H and O–H groups in total. The van der Waals surface area contributed by atoms with Gasteiger partial charge < -0.3 is 5.32 Å². The van der Waals surface area contributed by atoms with Crippen molar-refractivity contribution >= 4 is 39.1 Å². The summed E-state index contributed by atoms with van der Waals surface area (Å²) in [6.45, 7) is 3.80. The van der Waals surface area contributed by atoms with Gasteiger partial charge in [0.05, 0.1) is 5.02 Å². The molecule has 0 saturated heterocycles. The van der Waals surface area contributed by atoms with Crippen molar-refractivity contribution in [2.75, 3.05) is 0 Å². The highest BCUT2D eigenvalue weighted by molar-refractivity contribution is 7.89. The van der Waals surface area contributed by atoms with Gasteiger partial charge in [0.2, 0.25) is 15.9 Å². The fourth-order valence-electron chi connectivity index (χ4n) is 2.42. The minimum absolute atomic E-state index is 0.0349. The van der Waals surface area contributed by atoms with Gasteiger partial charge in [-0.15, -0.1) is 0 Å². The second kappa shape index (κ2) is 9.55. The zero-order valence-electron chi connectivity index (χ0n) is 15.1. The fourth-order valence-corrected chi connectivity index (χ4v) is 4.37. The molecule has 0 aliphatic rings. The molecule has 0 saturated carbocycles. The molecular formula is C19H22Cl2N2O3S. The van der Waals surface area contributed by atoms with E-state index in [2.05, 4.69) is 10.0 Å². The number of amides is 1. The number of carbonyl (C=O) groups is 1. The first-order valence-electron chi connectivity index (χ1n) is 8.54. The third-order valence-corrected chi connectivity index (χ3v) is 6.27. The van der Waals surface area contributed by atoms with Gasteiger partial charge in [-0.05, 0) is 43.5 Å². The van der Waals surface area contributed by atoms with Crippen molar-refractivity contribution in [3.05, 3.63) is 64.1 Å². The number of sulfonamides is 1. The molecule has 0 aliphatic carbocycles. The normalized spacial score (nSPS) is 13.8. The summed E-state index contributed by atoms with van der Waals surface area (Å²) in [5.74, 6) is -0.394. The van der Waals surface area contributed by atoms with Gasteiger partial charge >= 0.3 is 0 Å². The Morgan fingerprint density at radius 3 is 2.41 bits per heavy atom. The maximum atomic E-state index is 12.8. The van der Waals surface area contributed by atoms with Gasteiger partial charge in [-0.2, -0.15) is 4.72 Å². The number of halogens is 2. The van der Waals surface area contributed by atoms with Gasteiger partial charge in [0.1, 0.15) is 10.9 Å². The molecule has 5 nitrogen and oxygen atoms in total. The predicted octanol–water partition coefficient (Wildman–Crippen LogP) is 3.80. The summed E-state index contributed by atoms with van der Waals surface area (Å²) in [5, 5.41) is 3.10. The molecule has 0 spiro atoms. The minimum atomic E-state index is -4.05. The van der Waals surface area contributed by atoms with Crippen LogP contribution in [0.25, 0.3) is 0 Å². The maximum Gasteiger partial charge on any atom is 0.242 e. The van der Waals surface area contributed by atoms with Crippen molar-refractivity contribution in [1.29, 1.82) is 0 Å². The Kier molecular flexibility index (Phi) is 7.68. The summed E-state index contributed by atoms with van der Waals surface area (Å²) in [6.07, 6.45) is 0.942. The zero-order valence-corrected chi connectivity index (χ0v) is 17.4. The van der Waals surface area contributed by atoms with Crippen LogP contribution in [0.4, 0.5) is 0 Å². The van der Waals surface area contributed by atoms with Crippen molar-refractivity contribution in [3.63, 3.8) is 0 Å².